The standard InChI is InChI=1S/C26H25N5O2S/c27-22-8-4-5-9-23(22)31-25(33)15-14-24(32)30-20-12-10-18(11-13-20)26-29-17-21(34-26)16-28-19-6-2-1-3-7-19/h1-13,17,28H,14-16,27H2,(H,30,32)(H,31,33). The van der Waals surface area contributed by atoms with Crippen molar-refractivity contribution in [2.45, 2.75) is 19.4 Å². The molecule has 172 valence electrons. The number of nitrogens with zero attached hydrogens (tertiary/aromatic N) is 1. The zero-order valence-corrected chi connectivity index (χ0v) is 19.3. The van der Waals surface area contributed by atoms with Crippen LogP contribution in [0.15, 0.2) is 85.1 Å². The summed E-state index contributed by atoms with van der Waals surface area (Å²) in [5.41, 5.74) is 9.57. The molecule has 0 radical (unpaired) electrons. The second-order valence-electron chi connectivity index (χ2n) is 7.61. The summed E-state index contributed by atoms with van der Waals surface area (Å²) in [6.45, 7) is 0.709. The Morgan fingerprint density at radius 3 is 2.21 bits per heavy atom. The van der Waals surface area contributed by atoms with Crippen LogP contribution in [-0.4, -0.2) is 16.8 Å². The Balaban J connectivity index is 1.25. The predicted octanol–water partition coefficient (Wildman–Crippen LogP) is 5.36. The van der Waals surface area contributed by atoms with Gasteiger partial charge in [-0.15, -0.1) is 11.3 Å². The van der Waals surface area contributed by atoms with Crippen LogP contribution >= 0.6 is 11.3 Å². The zero-order valence-electron chi connectivity index (χ0n) is 18.5. The third-order valence-electron chi connectivity index (χ3n) is 5.02. The number of benzene rings is 3. The third kappa shape index (κ3) is 6.43. The van der Waals surface area contributed by atoms with Crippen molar-refractivity contribution in [1.29, 1.82) is 0 Å². The van der Waals surface area contributed by atoms with Crippen LogP contribution in [-0.2, 0) is 16.1 Å². The molecule has 0 fully saturated rings. The predicted molar refractivity (Wildman–Crippen MR) is 139 cm³/mol. The maximum absolute atomic E-state index is 12.3. The monoisotopic (exact) mass is 471 g/mol. The molecule has 0 aliphatic carbocycles. The largest absolute Gasteiger partial charge is 0.397 e. The van der Waals surface area contributed by atoms with Gasteiger partial charge in [-0.25, -0.2) is 4.98 Å². The van der Waals surface area contributed by atoms with Gasteiger partial charge >= 0.3 is 0 Å². The highest BCUT2D eigenvalue weighted by molar-refractivity contribution is 7.15. The Kier molecular flexibility index (Phi) is 7.52. The van der Waals surface area contributed by atoms with E-state index in [0.717, 1.165) is 21.1 Å². The molecule has 7 nitrogen and oxygen atoms in total. The van der Waals surface area contributed by atoms with Gasteiger partial charge in [-0.1, -0.05) is 30.3 Å². The Hall–Kier alpha value is -4.17. The lowest BCUT2D eigenvalue weighted by molar-refractivity contribution is -0.121. The van der Waals surface area contributed by atoms with Crippen LogP contribution in [0.5, 0.6) is 0 Å². The molecule has 2 amide bonds. The first kappa shape index (κ1) is 23.0. The number of anilines is 4. The molecule has 0 saturated heterocycles. The van der Waals surface area contributed by atoms with E-state index in [-0.39, 0.29) is 24.7 Å². The van der Waals surface area contributed by atoms with Crippen molar-refractivity contribution in [3.63, 3.8) is 0 Å². The van der Waals surface area contributed by atoms with Crippen LogP contribution < -0.4 is 21.7 Å². The highest BCUT2D eigenvalue weighted by atomic mass is 32.1. The summed E-state index contributed by atoms with van der Waals surface area (Å²) in [5.74, 6) is -0.489. The quantitative estimate of drug-likeness (QED) is 0.246. The summed E-state index contributed by atoms with van der Waals surface area (Å²) in [5, 5.41) is 9.84. The number of carbonyl (C=O) groups excluding carboxylic acids is 2. The van der Waals surface area contributed by atoms with Crippen LogP contribution in [0.3, 0.4) is 0 Å². The van der Waals surface area contributed by atoms with E-state index in [0.29, 0.717) is 23.6 Å². The molecule has 5 N–H and O–H groups in total. The fourth-order valence-corrected chi connectivity index (χ4v) is 4.10. The molecule has 1 aromatic heterocycles. The maximum atomic E-state index is 12.3. The third-order valence-corrected chi connectivity index (χ3v) is 6.07. The summed E-state index contributed by atoms with van der Waals surface area (Å²) in [4.78, 5) is 30.0. The molecule has 0 bridgehead atoms. The van der Waals surface area contributed by atoms with Crippen LogP contribution in [0.25, 0.3) is 10.6 Å². The van der Waals surface area contributed by atoms with E-state index in [9.17, 15) is 9.59 Å². The second-order valence-corrected chi connectivity index (χ2v) is 8.73. The number of hydrogen-bond acceptors (Lipinski definition) is 6. The van der Waals surface area contributed by atoms with Gasteiger partial charge in [0.05, 0.1) is 17.9 Å². The van der Waals surface area contributed by atoms with E-state index in [4.69, 9.17) is 5.73 Å². The van der Waals surface area contributed by atoms with Crippen molar-refractivity contribution in [3.05, 3.63) is 89.9 Å². The van der Waals surface area contributed by atoms with Gasteiger partial charge in [-0.3, -0.25) is 9.59 Å². The Morgan fingerprint density at radius 2 is 1.47 bits per heavy atom. The number of rotatable bonds is 9. The summed E-state index contributed by atoms with van der Waals surface area (Å²) in [7, 11) is 0. The van der Waals surface area contributed by atoms with Crippen LogP contribution in [0.2, 0.25) is 0 Å². The van der Waals surface area contributed by atoms with Crippen molar-refractivity contribution in [1.82, 2.24) is 4.98 Å². The number of thiazole rings is 1. The number of para-hydroxylation sites is 3. The minimum atomic E-state index is -0.260. The number of nitrogen functional groups attached to an aromatic ring is 1. The highest BCUT2D eigenvalue weighted by Crippen LogP contribution is 2.27. The van der Waals surface area contributed by atoms with E-state index in [1.54, 1.807) is 35.6 Å². The molecular weight excluding hydrogens is 446 g/mol. The first-order valence-electron chi connectivity index (χ1n) is 10.8. The number of amides is 2. The lowest BCUT2D eigenvalue weighted by atomic mass is 10.2. The first-order chi connectivity index (χ1) is 16.6. The maximum Gasteiger partial charge on any atom is 0.224 e. The molecule has 0 aliphatic rings. The minimum absolute atomic E-state index is 0.0666. The van der Waals surface area contributed by atoms with E-state index < -0.39 is 0 Å². The molecule has 0 atom stereocenters. The molecular formula is C26H25N5O2S. The first-order valence-corrected chi connectivity index (χ1v) is 11.7. The minimum Gasteiger partial charge on any atom is -0.397 e. The molecule has 4 rings (SSSR count). The van der Waals surface area contributed by atoms with Gasteiger partial charge in [0, 0.05) is 40.9 Å². The average Bonchev–Trinajstić information content (AvgIpc) is 3.33. The molecule has 0 saturated carbocycles. The number of aromatic nitrogens is 1. The highest BCUT2D eigenvalue weighted by Gasteiger charge is 2.10. The molecule has 34 heavy (non-hydrogen) atoms. The number of nitrogens with two attached hydrogens (primary N) is 1. The molecule has 4 aromatic rings. The molecule has 8 heteroatoms. The van der Waals surface area contributed by atoms with Crippen molar-refractivity contribution in [2.24, 2.45) is 0 Å². The van der Waals surface area contributed by atoms with E-state index in [1.807, 2.05) is 60.8 Å². The summed E-state index contributed by atoms with van der Waals surface area (Å²) in [6, 6.07) is 24.6. The molecule has 0 spiro atoms. The Labute approximate surface area is 202 Å². The molecule has 0 unspecified atom stereocenters. The Morgan fingerprint density at radius 1 is 0.794 bits per heavy atom. The SMILES string of the molecule is Nc1ccccc1NC(=O)CCC(=O)Nc1ccc(-c2ncc(CNc3ccccc3)s2)cc1. The summed E-state index contributed by atoms with van der Waals surface area (Å²) >= 11 is 1.62. The average molecular weight is 472 g/mol. The lowest BCUT2D eigenvalue weighted by Crippen LogP contribution is -2.17. The van der Waals surface area contributed by atoms with Gasteiger partial charge in [-0.2, -0.15) is 0 Å². The number of nitrogens with one attached hydrogen (secondary N) is 3. The molecule has 1 heterocycles. The van der Waals surface area contributed by atoms with Crippen molar-refractivity contribution < 1.29 is 9.59 Å². The molecule has 0 aliphatic heterocycles. The number of carbonyl (C=O) groups is 2. The normalized spacial score (nSPS) is 10.5. The fraction of sp³-hybridized carbons (Fsp3) is 0.115. The van der Waals surface area contributed by atoms with Gasteiger partial charge in [-0.05, 0) is 48.5 Å². The van der Waals surface area contributed by atoms with Crippen molar-refractivity contribution >= 4 is 45.9 Å². The van der Waals surface area contributed by atoms with Crippen LogP contribution in [0.4, 0.5) is 22.7 Å². The summed E-state index contributed by atoms with van der Waals surface area (Å²) in [6.07, 6.45) is 2.02. The van der Waals surface area contributed by atoms with Crippen LogP contribution in [0.1, 0.15) is 17.7 Å². The van der Waals surface area contributed by atoms with E-state index >= 15 is 0 Å². The van der Waals surface area contributed by atoms with Gasteiger partial charge in [0.15, 0.2) is 0 Å². The zero-order chi connectivity index (χ0) is 23.8. The van der Waals surface area contributed by atoms with Gasteiger partial charge in [0.2, 0.25) is 11.8 Å². The van der Waals surface area contributed by atoms with E-state index in [1.165, 1.54) is 0 Å². The van der Waals surface area contributed by atoms with Crippen molar-refractivity contribution in [3.8, 4) is 10.6 Å². The van der Waals surface area contributed by atoms with E-state index in [2.05, 4.69) is 20.9 Å². The van der Waals surface area contributed by atoms with Gasteiger partial charge < -0.3 is 21.7 Å². The van der Waals surface area contributed by atoms with Gasteiger partial charge in [0.25, 0.3) is 0 Å². The lowest BCUT2D eigenvalue weighted by Gasteiger charge is -2.08. The van der Waals surface area contributed by atoms with Crippen molar-refractivity contribution in [2.75, 3.05) is 21.7 Å². The summed E-state index contributed by atoms with van der Waals surface area (Å²) < 4.78 is 0. The molecule has 3 aromatic carbocycles. The van der Waals surface area contributed by atoms with Gasteiger partial charge in [0.1, 0.15) is 5.01 Å². The number of hydrogen-bond donors (Lipinski definition) is 4. The smallest absolute Gasteiger partial charge is 0.224 e. The fourth-order valence-electron chi connectivity index (χ4n) is 3.24. The topological polar surface area (TPSA) is 109 Å². The second kappa shape index (κ2) is 11.1. The van der Waals surface area contributed by atoms with Crippen LogP contribution in [0, 0.1) is 0 Å². The Bertz CT molecular complexity index is 1260.